The molecule has 118 valence electrons. The number of furan rings is 1. The van der Waals surface area contributed by atoms with E-state index in [2.05, 4.69) is 5.32 Å². The summed E-state index contributed by atoms with van der Waals surface area (Å²) in [6.07, 6.45) is 1.45. The summed E-state index contributed by atoms with van der Waals surface area (Å²) in [6, 6.07) is 2.07. The van der Waals surface area contributed by atoms with E-state index in [-0.39, 0.29) is 18.9 Å². The molecule has 22 heavy (non-hydrogen) atoms. The third-order valence-electron chi connectivity index (χ3n) is 3.74. The van der Waals surface area contributed by atoms with Gasteiger partial charge in [-0.2, -0.15) is 0 Å². The van der Waals surface area contributed by atoms with Gasteiger partial charge in [-0.1, -0.05) is 0 Å². The Labute approximate surface area is 127 Å². The summed E-state index contributed by atoms with van der Waals surface area (Å²) in [5.41, 5.74) is 0. The Morgan fingerprint density at radius 3 is 2.77 bits per heavy atom. The quantitative estimate of drug-likeness (QED) is 0.787. The van der Waals surface area contributed by atoms with Crippen LogP contribution in [0.15, 0.2) is 22.8 Å². The van der Waals surface area contributed by atoms with Gasteiger partial charge in [0.15, 0.2) is 0 Å². The number of morpholine rings is 1. The van der Waals surface area contributed by atoms with E-state index in [0.717, 1.165) is 4.90 Å². The highest BCUT2D eigenvalue weighted by Gasteiger charge is 2.40. The summed E-state index contributed by atoms with van der Waals surface area (Å²) in [4.78, 5) is 39.0. The second kappa shape index (κ2) is 6.18. The fourth-order valence-electron chi connectivity index (χ4n) is 2.54. The summed E-state index contributed by atoms with van der Waals surface area (Å²) < 4.78 is 10.3. The van der Waals surface area contributed by atoms with Crippen LogP contribution in [0.1, 0.15) is 12.2 Å². The van der Waals surface area contributed by atoms with E-state index in [1.807, 2.05) is 0 Å². The molecule has 0 bridgehead atoms. The van der Waals surface area contributed by atoms with Crippen LogP contribution in [0.5, 0.6) is 0 Å². The molecule has 1 unspecified atom stereocenters. The number of ether oxygens (including phenoxy) is 1. The average Bonchev–Trinajstić information content (AvgIpc) is 3.13. The van der Waals surface area contributed by atoms with E-state index in [4.69, 9.17) is 9.15 Å². The minimum Gasteiger partial charge on any atom is -0.467 e. The van der Waals surface area contributed by atoms with Crippen molar-refractivity contribution in [3.05, 3.63) is 24.2 Å². The van der Waals surface area contributed by atoms with Crippen LogP contribution < -0.4 is 5.32 Å². The second-order valence-electron chi connectivity index (χ2n) is 5.20. The molecule has 0 spiro atoms. The lowest BCUT2D eigenvalue weighted by Gasteiger charge is -2.27. The minimum atomic E-state index is -0.808. The van der Waals surface area contributed by atoms with E-state index in [1.165, 1.54) is 6.26 Å². The summed E-state index contributed by atoms with van der Waals surface area (Å²) in [5, 5.41) is 2.55. The molecule has 3 rings (SSSR count). The molecule has 2 aliphatic rings. The lowest BCUT2D eigenvalue weighted by atomic mass is 10.2. The zero-order chi connectivity index (χ0) is 15.5. The summed E-state index contributed by atoms with van der Waals surface area (Å²) >= 11 is 0. The zero-order valence-electron chi connectivity index (χ0n) is 12.0. The average molecular weight is 307 g/mol. The first-order valence-electron chi connectivity index (χ1n) is 7.15. The highest BCUT2D eigenvalue weighted by atomic mass is 16.5. The van der Waals surface area contributed by atoms with Crippen LogP contribution in [-0.4, -0.2) is 60.0 Å². The van der Waals surface area contributed by atoms with Crippen molar-refractivity contribution in [2.75, 3.05) is 26.3 Å². The van der Waals surface area contributed by atoms with Crippen LogP contribution in [0.4, 0.5) is 4.79 Å². The molecular formula is C14H17N3O5. The Kier molecular flexibility index (Phi) is 4.10. The maximum absolute atomic E-state index is 12.3. The van der Waals surface area contributed by atoms with Gasteiger partial charge in [0.25, 0.3) is 5.91 Å². The van der Waals surface area contributed by atoms with Crippen molar-refractivity contribution < 1.29 is 23.5 Å². The summed E-state index contributed by atoms with van der Waals surface area (Å²) in [7, 11) is 0. The van der Waals surface area contributed by atoms with Crippen LogP contribution >= 0.6 is 0 Å². The SMILES string of the molecule is O=C(CC1NC(=O)N(Cc2ccco2)C1=O)N1CCOCC1. The topological polar surface area (TPSA) is 92.1 Å². The van der Waals surface area contributed by atoms with Gasteiger partial charge in [0.1, 0.15) is 11.8 Å². The molecule has 0 radical (unpaired) electrons. The van der Waals surface area contributed by atoms with Crippen molar-refractivity contribution in [1.29, 1.82) is 0 Å². The molecule has 0 aliphatic carbocycles. The maximum Gasteiger partial charge on any atom is 0.325 e. The van der Waals surface area contributed by atoms with Crippen LogP contribution in [0.25, 0.3) is 0 Å². The molecular weight excluding hydrogens is 290 g/mol. The largest absolute Gasteiger partial charge is 0.467 e. The number of carbonyl (C=O) groups excluding carboxylic acids is 3. The van der Waals surface area contributed by atoms with Crippen LogP contribution in [0.3, 0.4) is 0 Å². The normalized spacial score (nSPS) is 22.1. The number of hydrogen-bond acceptors (Lipinski definition) is 5. The molecule has 1 atom stereocenters. The molecule has 0 aromatic carbocycles. The van der Waals surface area contributed by atoms with Gasteiger partial charge in [-0.05, 0) is 12.1 Å². The van der Waals surface area contributed by atoms with E-state index < -0.39 is 18.0 Å². The van der Waals surface area contributed by atoms with Crippen molar-refractivity contribution in [1.82, 2.24) is 15.1 Å². The number of urea groups is 1. The van der Waals surface area contributed by atoms with Crippen molar-refractivity contribution in [2.24, 2.45) is 0 Å². The molecule has 1 N–H and O–H groups in total. The Balaban J connectivity index is 1.59. The first kappa shape index (κ1) is 14.6. The number of carbonyl (C=O) groups is 3. The lowest BCUT2D eigenvalue weighted by Crippen LogP contribution is -2.44. The predicted octanol–water partition coefficient (Wildman–Crippen LogP) is -0.0511. The van der Waals surface area contributed by atoms with Crippen molar-refractivity contribution >= 4 is 17.8 Å². The zero-order valence-corrected chi connectivity index (χ0v) is 12.0. The van der Waals surface area contributed by atoms with Gasteiger partial charge in [-0.3, -0.25) is 14.5 Å². The van der Waals surface area contributed by atoms with E-state index in [1.54, 1.807) is 17.0 Å². The summed E-state index contributed by atoms with van der Waals surface area (Å²) in [5.74, 6) is -0.0338. The third kappa shape index (κ3) is 2.96. The number of amides is 4. The molecule has 8 heteroatoms. The second-order valence-corrected chi connectivity index (χ2v) is 5.20. The van der Waals surface area contributed by atoms with Gasteiger partial charge in [0.05, 0.1) is 32.4 Å². The molecule has 4 amide bonds. The van der Waals surface area contributed by atoms with Crippen molar-refractivity contribution in [3.8, 4) is 0 Å². The molecule has 1 aromatic heterocycles. The Morgan fingerprint density at radius 1 is 1.32 bits per heavy atom. The van der Waals surface area contributed by atoms with Gasteiger partial charge in [-0.25, -0.2) is 4.79 Å². The highest BCUT2D eigenvalue weighted by Crippen LogP contribution is 2.15. The number of nitrogens with zero attached hydrogens (tertiary/aromatic N) is 2. The van der Waals surface area contributed by atoms with Crippen molar-refractivity contribution in [2.45, 2.75) is 19.0 Å². The minimum absolute atomic E-state index is 0.0285. The lowest BCUT2D eigenvalue weighted by molar-refractivity contribution is -0.138. The summed E-state index contributed by atoms with van der Waals surface area (Å²) in [6.45, 7) is 2.11. The number of nitrogens with one attached hydrogen (secondary N) is 1. The maximum atomic E-state index is 12.3. The molecule has 2 saturated heterocycles. The van der Waals surface area contributed by atoms with Crippen molar-refractivity contribution in [3.63, 3.8) is 0 Å². The standard InChI is InChI=1S/C14H17N3O5/c18-12(16-3-6-21-7-4-16)8-11-13(19)17(14(20)15-11)9-10-2-1-5-22-10/h1-2,5,11H,3-4,6-9H2,(H,15,20). The van der Waals surface area contributed by atoms with Gasteiger partial charge >= 0.3 is 6.03 Å². The highest BCUT2D eigenvalue weighted by molar-refractivity contribution is 6.05. The van der Waals surface area contributed by atoms with Gasteiger partial charge in [0, 0.05) is 13.1 Å². The van der Waals surface area contributed by atoms with E-state index in [9.17, 15) is 14.4 Å². The van der Waals surface area contributed by atoms with Gasteiger partial charge in [0.2, 0.25) is 5.91 Å². The number of imide groups is 1. The first-order chi connectivity index (χ1) is 10.6. The Morgan fingerprint density at radius 2 is 2.09 bits per heavy atom. The Hall–Kier alpha value is -2.35. The van der Waals surface area contributed by atoms with Crippen LogP contribution in [0.2, 0.25) is 0 Å². The molecule has 0 saturated carbocycles. The van der Waals surface area contributed by atoms with Gasteiger partial charge in [-0.15, -0.1) is 0 Å². The first-order valence-corrected chi connectivity index (χ1v) is 7.15. The smallest absolute Gasteiger partial charge is 0.325 e. The van der Waals surface area contributed by atoms with Crippen LogP contribution in [0, 0.1) is 0 Å². The fraction of sp³-hybridized carbons (Fsp3) is 0.500. The number of hydrogen-bond donors (Lipinski definition) is 1. The molecule has 3 heterocycles. The van der Waals surface area contributed by atoms with Gasteiger partial charge < -0.3 is 19.4 Å². The van der Waals surface area contributed by atoms with E-state index in [0.29, 0.717) is 32.1 Å². The third-order valence-corrected chi connectivity index (χ3v) is 3.74. The molecule has 8 nitrogen and oxygen atoms in total. The number of rotatable bonds is 4. The van der Waals surface area contributed by atoms with E-state index >= 15 is 0 Å². The molecule has 2 fully saturated rings. The fourth-order valence-corrected chi connectivity index (χ4v) is 2.54. The predicted molar refractivity (Wildman–Crippen MR) is 73.6 cm³/mol. The Bertz CT molecular complexity index is 565. The monoisotopic (exact) mass is 307 g/mol. The van der Waals surface area contributed by atoms with Crippen LogP contribution in [-0.2, 0) is 20.9 Å². The molecule has 1 aromatic rings. The molecule has 2 aliphatic heterocycles.